The predicted octanol–water partition coefficient (Wildman–Crippen LogP) is 2.76. The lowest BCUT2D eigenvalue weighted by molar-refractivity contribution is 0.715. The van der Waals surface area contributed by atoms with Crippen LogP contribution in [0.5, 0.6) is 0 Å². The van der Waals surface area contributed by atoms with Gasteiger partial charge in [-0.1, -0.05) is 0 Å². The number of nitrogens with zero attached hydrogens (tertiary/aromatic N) is 4. The molecule has 0 aromatic carbocycles. The molecule has 0 radical (unpaired) electrons. The number of aromatic nitrogens is 4. The minimum atomic E-state index is 0.424. The number of imidazole rings is 1. The number of nitrogens with one attached hydrogen (secondary N) is 1. The summed E-state index contributed by atoms with van der Waals surface area (Å²) in [7, 11) is 0. The van der Waals surface area contributed by atoms with Crippen molar-refractivity contribution in [2.75, 3.05) is 11.4 Å². The Hall–Kier alpha value is -1.95. The number of hydrogen-bond acceptors (Lipinski definition) is 5. The quantitative estimate of drug-likeness (QED) is 0.778. The normalized spacial score (nSPS) is 19.4. The molecule has 96 valence electrons. The topological polar surface area (TPSA) is 57.7 Å². The lowest BCUT2D eigenvalue weighted by Gasteiger charge is -2.25. The van der Waals surface area contributed by atoms with Gasteiger partial charge in [-0.05, 0) is 35.2 Å². The van der Waals surface area contributed by atoms with Crippen LogP contribution in [0.2, 0.25) is 0 Å². The van der Waals surface area contributed by atoms with Crippen LogP contribution < -0.4 is 4.90 Å². The Morgan fingerprint density at radius 3 is 3.21 bits per heavy atom. The molecule has 1 N–H and O–H groups in total. The van der Waals surface area contributed by atoms with Crippen molar-refractivity contribution in [1.29, 1.82) is 0 Å². The Morgan fingerprint density at radius 2 is 2.32 bits per heavy atom. The molecule has 1 fully saturated rings. The van der Waals surface area contributed by atoms with Gasteiger partial charge in [0.1, 0.15) is 11.8 Å². The third-order valence-corrected chi connectivity index (χ3v) is 4.36. The van der Waals surface area contributed by atoms with Gasteiger partial charge in [0.2, 0.25) is 0 Å². The summed E-state index contributed by atoms with van der Waals surface area (Å²) < 4.78 is 0. The lowest BCUT2D eigenvalue weighted by atomic mass is 10.1. The van der Waals surface area contributed by atoms with Gasteiger partial charge in [0.05, 0.1) is 12.4 Å². The molecule has 3 aromatic heterocycles. The molecule has 3 aromatic rings. The van der Waals surface area contributed by atoms with Crippen molar-refractivity contribution in [3.8, 4) is 0 Å². The lowest BCUT2D eigenvalue weighted by Crippen LogP contribution is -2.23. The maximum Gasteiger partial charge on any atom is 0.182 e. The molecule has 1 aliphatic heterocycles. The van der Waals surface area contributed by atoms with E-state index in [2.05, 4.69) is 41.7 Å². The number of anilines is 1. The second-order valence-electron chi connectivity index (χ2n) is 4.71. The van der Waals surface area contributed by atoms with Gasteiger partial charge >= 0.3 is 0 Å². The van der Waals surface area contributed by atoms with Crippen LogP contribution in [0.1, 0.15) is 24.4 Å². The summed E-state index contributed by atoms with van der Waals surface area (Å²) in [5.41, 5.74) is 3.05. The van der Waals surface area contributed by atoms with Gasteiger partial charge in [-0.15, -0.1) is 0 Å². The van der Waals surface area contributed by atoms with Crippen LogP contribution in [0.4, 0.5) is 5.82 Å². The molecule has 0 saturated carbocycles. The average molecular weight is 271 g/mol. The highest BCUT2D eigenvalue weighted by atomic mass is 32.1. The Morgan fingerprint density at radius 1 is 1.32 bits per heavy atom. The molecule has 0 unspecified atom stereocenters. The molecule has 1 aliphatic rings. The highest BCUT2D eigenvalue weighted by Gasteiger charge is 2.29. The molecular weight excluding hydrogens is 258 g/mol. The first-order valence-electron chi connectivity index (χ1n) is 6.36. The summed E-state index contributed by atoms with van der Waals surface area (Å²) >= 11 is 1.75. The molecular formula is C13H13N5S. The van der Waals surface area contributed by atoms with Crippen molar-refractivity contribution in [2.45, 2.75) is 18.9 Å². The molecule has 1 saturated heterocycles. The number of rotatable bonds is 2. The van der Waals surface area contributed by atoms with Gasteiger partial charge in [0, 0.05) is 6.54 Å². The third-order valence-electron chi connectivity index (χ3n) is 3.66. The minimum absolute atomic E-state index is 0.424. The summed E-state index contributed by atoms with van der Waals surface area (Å²) in [6.45, 7) is 1.03. The second-order valence-corrected chi connectivity index (χ2v) is 5.49. The Balaban J connectivity index is 1.81. The van der Waals surface area contributed by atoms with Crippen molar-refractivity contribution < 1.29 is 0 Å². The van der Waals surface area contributed by atoms with E-state index in [-0.39, 0.29) is 0 Å². The Labute approximate surface area is 114 Å². The number of hydrogen-bond donors (Lipinski definition) is 1. The zero-order valence-corrected chi connectivity index (χ0v) is 11.1. The first-order chi connectivity index (χ1) is 9.43. The smallest absolute Gasteiger partial charge is 0.182 e. The van der Waals surface area contributed by atoms with E-state index in [0.717, 1.165) is 23.5 Å². The number of H-pyrrole nitrogens is 1. The average Bonchev–Trinajstić information content (AvgIpc) is 3.18. The van der Waals surface area contributed by atoms with Crippen molar-refractivity contribution in [3.63, 3.8) is 0 Å². The van der Waals surface area contributed by atoms with E-state index in [4.69, 9.17) is 0 Å². The van der Waals surface area contributed by atoms with Gasteiger partial charge in [-0.2, -0.15) is 11.3 Å². The van der Waals surface area contributed by atoms with Crippen molar-refractivity contribution in [1.82, 2.24) is 19.9 Å². The van der Waals surface area contributed by atoms with E-state index in [1.165, 1.54) is 18.4 Å². The molecule has 19 heavy (non-hydrogen) atoms. The van der Waals surface area contributed by atoms with E-state index in [1.54, 1.807) is 24.0 Å². The molecule has 4 rings (SSSR count). The van der Waals surface area contributed by atoms with Crippen LogP contribution in [0, 0.1) is 0 Å². The van der Waals surface area contributed by atoms with Gasteiger partial charge in [0.15, 0.2) is 11.5 Å². The van der Waals surface area contributed by atoms with Crippen LogP contribution in [-0.4, -0.2) is 26.5 Å². The van der Waals surface area contributed by atoms with Gasteiger partial charge in [0.25, 0.3) is 0 Å². The molecule has 0 aliphatic carbocycles. The number of fused-ring (bicyclic) bond motifs is 1. The van der Waals surface area contributed by atoms with Crippen LogP contribution in [0.25, 0.3) is 11.2 Å². The maximum atomic E-state index is 4.47. The molecule has 0 amide bonds. The zero-order chi connectivity index (χ0) is 12.7. The van der Waals surface area contributed by atoms with Crippen LogP contribution in [-0.2, 0) is 0 Å². The maximum absolute atomic E-state index is 4.47. The van der Waals surface area contributed by atoms with Gasteiger partial charge in [-0.25, -0.2) is 15.0 Å². The second kappa shape index (κ2) is 4.31. The van der Waals surface area contributed by atoms with Crippen molar-refractivity contribution in [3.05, 3.63) is 35.0 Å². The van der Waals surface area contributed by atoms with Crippen molar-refractivity contribution in [2.24, 2.45) is 0 Å². The fraction of sp³-hybridized carbons (Fsp3) is 0.308. The fourth-order valence-corrected chi connectivity index (χ4v) is 3.51. The van der Waals surface area contributed by atoms with Crippen molar-refractivity contribution >= 4 is 28.3 Å². The van der Waals surface area contributed by atoms with E-state index in [0.29, 0.717) is 6.04 Å². The standard InChI is InChI=1S/C13H13N5S/c1-2-10(9-3-5-19-6-9)18(4-1)13-11-12(15-7-14-11)16-8-17-13/h3,5-8,10H,1-2,4H2,(H,14,15,16,17)/t10-/m0/s1. The Bertz CT molecular complexity index is 690. The van der Waals surface area contributed by atoms with Gasteiger partial charge < -0.3 is 9.88 Å². The first-order valence-corrected chi connectivity index (χ1v) is 7.30. The zero-order valence-electron chi connectivity index (χ0n) is 10.3. The highest BCUT2D eigenvalue weighted by molar-refractivity contribution is 7.08. The number of aromatic amines is 1. The van der Waals surface area contributed by atoms with Crippen LogP contribution in [0.3, 0.4) is 0 Å². The van der Waals surface area contributed by atoms with Crippen LogP contribution >= 0.6 is 11.3 Å². The monoisotopic (exact) mass is 271 g/mol. The summed E-state index contributed by atoms with van der Waals surface area (Å²) in [4.78, 5) is 18.4. The SMILES string of the molecule is c1nc(N2CCC[C@H]2c2ccsc2)c2[nH]cnc2n1. The largest absolute Gasteiger partial charge is 0.348 e. The van der Waals surface area contributed by atoms with E-state index in [9.17, 15) is 0 Å². The molecule has 4 heterocycles. The van der Waals surface area contributed by atoms with Crippen LogP contribution in [0.15, 0.2) is 29.5 Å². The summed E-state index contributed by atoms with van der Waals surface area (Å²) in [5, 5.41) is 4.37. The minimum Gasteiger partial charge on any atom is -0.348 e. The molecule has 0 bridgehead atoms. The number of thiophene rings is 1. The highest BCUT2D eigenvalue weighted by Crippen LogP contribution is 2.37. The summed E-state index contributed by atoms with van der Waals surface area (Å²) in [5.74, 6) is 0.969. The molecule has 0 spiro atoms. The van der Waals surface area contributed by atoms with E-state index in [1.807, 2.05) is 0 Å². The molecule has 5 nitrogen and oxygen atoms in total. The summed E-state index contributed by atoms with van der Waals surface area (Å²) in [6, 6.07) is 2.63. The fourth-order valence-electron chi connectivity index (χ4n) is 2.80. The predicted molar refractivity (Wildman–Crippen MR) is 75.3 cm³/mol. The third kappa shape index (κ3) is 1.71. The first kappa shape index (κ1) is 10.9. The molecule has 6 heteroatoms. The molecule has 1 atom stereocenters. The summed E-state index contributed by atoms with van der Waals surface area (Å²) in [6.07, 6.45) is 5.65. The van der Waals surface area contributed by atoms with E-state index >= 15 is 0 Å². The Kier molecular flexibility index (Phi) is 2.48. The van der Waals surface area contributed by atoms with E-state index < -0.39 is 0 Å². The van der Waals surface area contributed by atoms with Gasteiger partial charge in [-0.3, -0.25) is 0 Å².